The van der Waals surface area contributed by atoms with Gasteiger partial charge in [-0.3, -0.25) is 0 Å². The van der Waals surface area contributed by atoms with Crippen LogP contribution in [0, 0.1) is 5.92 Å². The predicted molar refractivity (Wildman–Crippen MR) is 105 cm³/mol. The maximum atomic E-state index is 6.22. The van der Waals surface area contributed by atoms with Crippen LogP contribution in [-0.2, 0) is 0 Å². The van der Waals surface area contributed by atoms with Crippen LogP contribution in [0.3, 0.4) is 0 Å². The van der Waals surface area contributed by atoms with Crippen LogP contribution in [0.5, 0.6) is 5.75 Å². The van der Waals surface area contributed by atoms with Crippen LogP contribution < -0.4 is 10.1 Å². The van der Waals surface area contributed by atoms with Crippen molar-refractivity contribution in [3.63, 3.8) is 0 Å². The summed E-state index contributed by atoms with van der Waals surface area (Å²) in [6.07, 6.45) is 5.71. The smallest absolute Gasteiger partial charge is 0.120 e. The van der Waals surface area contributed by atoms with Gasteiger partial charge in [-0.15, -0.1) is 0 Å². The van der Waals surface area contributed by atoms with E-state index in [9.17, 15) is 0 Å². The van der Waals surface area contributed by atoms with Gasteiger partial charge >= 0.3 is 0 Å². The molecule has 2 aromatic rings. The highest BCUT2D eigenvalue weighted by atomic mass is 35.5. The second-order valence-electron chi connectivity index (χ2n) is 7.03. The quantitative estimate of drug-likeness (QED) is 0.670. The zero-order chi connectivity index (χ0) is 17.4. The van der Waals surface area contributed by atoms with Crippen LogP contribution >= 0.6 is 11.6 Å². The lowest BCUT2D eigenvalue weighted by molar-refractivity contribution is 0.350. The van der Waals surface area contributed by atoms with Crippen LogP contribution in [0.25, 0.3) is 0 Å². The number of benzene rings is 2. The highest BCUT2D eigenvalue weighted by Gasteiger charge is 2.38. The standard InChI is InChI=1S/C22H22ClNO/c1-14(2)13-25-17-9-10-21-20(12-17)18-7-4-8-19(18)22(24-21)15-5-3-6-16(23)11-15/h3-7,9-12,18-19,22,24H,1,8,13H2,2H3. The second kappa shape index (κ2) is 6.61. The fourth-order valence-corrected chi connectivity index (χ4v) is 4.10. The fourth-order valence-electron chi connectivity index (χ4n) is 3.90. The number of allylic oxidation sites excluding steroid dienone is 2. The van der Waals surface area contributed by atoms with Crippen molar-refractivity contribution in [3.05, 3.63) is 82.9 Å². The van der Waals surface area contributed by atoms with Gasteiger partial charge in [0.15, 0.2) is 0 Å². The first-order chi connectivity index (χ1) is 12.1. The largest absolute Gasteiger partial charge is 0.489 e. The van der Waals surface area contributed by atoms with E-state index >= 15 is 0 Å². The molecule has 25 heavy (non-hydrogen) atoms. The van der Waals surface area contributed by atoms with E-state index in [1.807, 2.05) is 25.1 Å². The number of fused-ring (bicyclic) bond motifs is 3. The van der Waals surface area contributed by atoms with Crippen molar-refractivity contribution in [2.45, 2.75) is 25.3 Å². The Hall–Kier alpha value is -2.19. The Morgan fingerprint density at radius 3 is 2.96 bits per heavy atom. The Balaban J connectivity index is 1.67. The Morgan fingerprint density at radius 2 is 2.16 bits per heavy atom. The van der Waals surface area contributed by atoms with E-state index in [2.05, 4.69) is 48.3 Å². The summed E-state index contributed by atoms with van der Waals surface area (Å²) in [5.41, 5.74) is 4.77. The van der Waals surface area contributed by atoms with Gasteiger partial charge < -0.3 is 10.1 Å². The molecule has 4 rings (SSSR count). The summed E-state index contributed by atoms with van der Waals surface area (Å²) >= 11 is 6.22. The summed E-state index contributed by atoms with van der Waals surface area (Å²) in [5.74, 6) is 1.82. The average Bonchev–Trinajstić information content (AvgIpc) is 3.09. The van der Waals surface area contributed by atoms with E-state index in [0.29, 0.717) is 18.4 Å². The molecule has 128 valence electrons. The maximum absolute atomic E-state index is 6.22. The van der Waals surface area contributed by atoms with Gasteiger partial charge in [0.05, 0.1) is 6.04 Å². The van der Waals surface area contributed by atoms with Gasteiger partial charge in [-0.1, -0.05) is 42.5 Å². The molecule has 2 nitrogen and oxygen atoms in total. The Bertz CT molecular complexity index is 842. The maximum Gasteiger partial charge on any atom is 0.120 e. The van der Waals surface area contributed by atoms with Crippen LogP contribution in [0.2, 0.25) is 5.02 Å². The molecule has 0 saturated heterocycles. The third-order valence-electron chi connectivity index (χ3n) is 5.03. The highest BCUT2D eigenvalue weighted by molar-refractivity contribution is 6.30. The minimum Gasteiger partial charge on any atom is -0.489 e. The third kappa shape index (κ3) is 3.19. The summed E-state index contributed by atoms with van der Waals surface area (Å²) in [4.78, 5) is 0. The number of nitrogens with one attached hydrogen (secondary N) is 1. The van der Waals surface area contributed by atoms with Gasteiger partial charge in [-0.2, -0.15) is 0 Å². The zero-order valence-electron chi connectivity index (χ0n) is 14.3. The molecule has 2 aliphatic rings. The number of anilines is 1. The summed E-state index contributed by atoms with van der Waals surface area (Å²) in [6, 6.07) is 14.8. The number of hydrogen-bond acceptors (Lipinski definition) is 2. The molecule has 2 aromatic carbocycles. The lowest BCUT2D eigenvalue weighted by Crippen LogP contribution is -2.29. The molecule has 0 radical (unpaired) electrons. The topological polar surface area (TPSA) is 21.3 Å². The molecule has 1 N–H and O–H groups in total. The van der Waals surface area contributed by atoms with Crippen molar-refractivity contribution < 1.29 is 4.74 Å². The predicted octanol–water partition coefficient (Wildman–Crippen LogP) is 6.12. The van der Waals surface area contributed by atoms with Gasteiger partial charge in [-0.25, -0.2) is 0 Å². The first-order valence-electron chi connectivity index (χ1n) is 8.71. The molecule has 1 heterocycles. The summed E-state index contributed by atoms with van der Waals surface area (Å²) < 4.78 is 5.84. The molecule has 3 atom stereocenters. The molecule has 0 fully saturated rings. The second-order valence-corrected chi connectivity index (χ2v) is 7.46. The molecule has 0 saturated carbocycles. The van der Waals surface area contributed by atoms with Crippen molar-refractivity contribution in [2.24, 2.45) is 5.92 Å². The lowest BCUT2D eigenvalue weighted by Gasteiger charge is -2.37. The summed E-state index contributed by atoms with van der Waals surface area (Å²) in [6.45, 7) is 6.44. The zero-order valence-corrected chi connectivity index (χ0v) is 15.1. The van der Waals surface area contributed by atoms with E-state index in [4.69, 9.17) is 16.3 Å². The average molecular weight is 352 g/mol. The van der Waals surface area contributed by atoms with E-state index in [-0.39, 0.29) is 6.04 Å². The molecule has 0 amide bonds. The Labute approximate surface area is 154 Å². The fraction of sp³-hybridized carbons (Fsp3) is 0.273. The summed E-state index contributed by atoms with van der Waals surface area (Å²) in [5, 5.41) is 4.52. The van der Waals surface area contributed by atoms with E-state index in [1.54, 1.807) is 0 Å². The summed E-state index contributed by atoms with van der Waals surface area (Å²) in [7, 11) is 0. The first kappa shape index (κ1) is 16.3. The third-order valence-corrected chi connectivity index (χ3v) is 5.26. The van der Waals surface area contributed by atoms with Gasteiger partial charge in [-0.05, 0) is 66.3 Å². The van der Waals surface area contributed by atoms with Crippen LogP contribution in [-0.4, -0.2) is 6.61 Å². The number of halogens is 1. The lowest BCUT2D eigenvalue weighted by atomic mass is 9.77. The van der Waals surface area contributed by atoms with Gasteiger partial charge in [0.1, 0.15) is 12.4 Å². The minimum atomic E-state index is 0.272. The molecule has 3 unspecified atom stereocenters. The van der Waals surface area contributed by atoms with Crippen molar-refractivity contribution in [1.29, 1.82) is 0 Å². The molecule has 3 heteroatoms. The minimum absolute atomic E-state index is 0.272. The van der Waals surface area contributed by atoms with E-state index < -0.39 is 0 Å². The van der Waals surface area contributed by atoms with Crippen LogP contribution in [0.4, 0.5) is 5.69 Å². The van der Waals surface area contributed by atoms with E-state index in [0.717, 1.165) is 22.8 Å². The van der Waals surface area contributed by atoms with Gasteiger partial charge in [0, 0.05) is 16.6 Å². The number of ether oxygens (including phenoxy) is 1. The van der Waals surface area contributed by atoms with Crippen molar-refractivity contribution in [3.8, 4) is 5.75 Å². The molecular formula is C22H22ClNO. The number of rotatable bonds is 4. The highest BCUT2D eigenvalue weighted by Crippen LogP contribution is 2.50. The monoisotopic (exact) mass is 351 g/mol. The molecule has 0 aromatic heterocycles. The van der Waals surface area contributed by atoms with Gasteiger partial charge in [0.2, 0.25) is 0 Å². The molecule has 0 spiro atoms. The van der Waals surface area contributed by atoms with E-state index in [1.165, 1.54) is 16.8 Å². The molecule has 0 bridgehead atoms. The Kier molecular flexibility index (Phi) is 4.30. The Morgan fingerprint density at radius 1 is 1.28 bits per heavy atom. The van der Waals surface area contributed by atoms with Crippen LogP contribution in [0.1, 0.15) is 36.4 Å². The number of hydrogen-bond donors (Lipinski definition) is 1. The molecule has 1 aliphatic carbocycles. The molecule has 1 aliphatic heterocycles. The van der Waals surface area contributed by atoms with Crippen molar-refractivity contribution in [1.82, 2.24) is 0 Å². The SMILES string of the molecule is C=C(C)COc1ccc2c(c1)C1C=CCC1C(c1cccc(Cl)c1)N2. The normalized spacial score (nSPS) is 23.5. The van der Waals surface area contributed by atoms with Crippen molar-refractivity contribution >= 4 is 17.3 Å². The van der Waals surface area contributed by atoms with Gasteiger partial charge in [0.25, 0.3) is 0 Å². The van der Waals surface area contributed by atoms with Crippen molar-refractivity contribution in [2.75, 3.05) is 11.9 Å². The first-order valence-corrected chi connectivity index (χ1v) is 9.09. The molecular weight excluding hydrogens is 330 g/mol. The van der Waals surface area contributed by atoms with Crippen LogP contribution in [0.15, 0.2) is 66.8 Å².